The van der Waals surface area contributed by atoms with Gasteiger partial charge >= 0.3 is 0 Å². The van der Waals surface area contributed by atoms with Crippen LogP contribution in [0.15, 0.2) is 29.2 Å². The van der Waals surface area contributed by atoms with Gasteiger partial charge in [0.2, 0.25) is 0 Å². The van der Waals surface area contributed by atoms with E-state index in [1.54, 1.807) is 0 Å². The molecule has 0 unspecified atom stereocenters. The van der Waals surface area contributed by atoms with E-state index in [0.29, 0.717) is 0 Å². The van der Waals surface area contributed by atoms with Crippen molar-refractivity contribution >= 4 is 21.6 Å². The minimum Gasteiger partial charge on any atom is -0.396 e. The molecule has 0 saturated carbocycles. The maximum atomic E-state index is 7.65. The Morgan fingerprint density at radius 2 is 2.08 bits per heavy atom. The molecule has 5 nitrogen and oxygen atoms in total. The van der Waals surface area contributed by atoms with Crippen LogP contribution >= 0.6 is 15.9 Å². The lowest BCUT2D eigenvalue weighted by molar-refractivity contribution is 0.809. The molecule has 2 aromatic heterocycles. The van der Waals surface area contributed by atoms with Crippen molar-refractivity contribution in [1.82, 2.24) is 19.7 Å². The van der Waals surface area contributed by atoms with Gasteiger partial charge in [-0.25, -0.2) is 14.6 Å². The van der Waals surface area contributed by atoms with Gasteiger partial charge in [-0.05, 0) is 15.9 Å². The molecule has 0 aliphatic carbocycles. The summed E-state index contributed by atoms with van der Waals surface area (Å²) in [5.74, 6) is -0.126. The van der Waals surface area contributed by atoms with Crippen molar-refractivity contribution in [2.45, 2.75) is 0 Å². The molecule has 0 bridgehead atoms. The molecule has 66 valence electrons. The van der Waals surface area contributed by atoms with E-state index in [1.165, 1.54) is 0 Å². The zero-order valence-electron chi connectivity index (χ0n) is 10.2. The average Bonchev–Trinajstić information content (AvgIpc) is 2.53. The molecule has 13 heavy (non-hydrogen) atoms. The molecule has 0 saturated heterocycles. The van der Waals surface area contributed by atoms with Crippen LogP contribution in [0.25, 0.3) is 5.95 Å². The number of halogens is 1. The largest absolute Gasteiger partial charge is 0.396 e. The Kier molecular flexibility index (Phi) is 1.14. The Hall–Kier alpha value is -1.43. The van der Waals surface area contributed by atoms with Gasteiger partial charge in [0.05, 0.1) is 34.2 Å². The maximum absolute atomic E-state index is 7.65. The van der Waals surface area contributed by atoms with E-state index in [9.17, 15) is 0 Å². The molecule has 2 heterocycles. The summed E-state index contributed by atoms with van der Waals surface area (Å²) in [5.41, 5.74) is 5.24. The van der Waals surface area contributed by atoms with Crippen molar-refractivity contribution in [3.05, 3.63) is 29.2 Å². The van der Waals surface area contributed by atoms with Gasteiger partial charge in [0.1, 0.15) is 0 Å². The minimum atomic E-state index is -0.308. The van der Waals surface area contributed by atoms with E-state index in [4.69, 9.17) is 11.2 Å². The van der Waals surface area contributed by atoms with E-state index in [1.807, 2.05) is 0 Å². The van der Waals surface area contributed by atoms with Gasteiger partial charge < -0.3 is 5.73 Å². The average molecular weight is 244 g/mol. The predicted molar refractivity (Wildman–Crippen MR) is 51.3 cm³/mol. The van der Waals surface area contributed by atoms with Gasteiger partial charge in [-0.1, -0.05) is 0 Å². The van der Waals surface area contributed by atoms with E-state index in [2.05, 4.69) is 31.0 Å². The van der Waals surface area contributed by atoms with Crippen molar-refractivity contribution in [2.75, 3.05) is 5.73 Å². The second-order valence-electron chi connectivity index (χ2n) is 2.11. The summed E-state index contributed by atoms with van der Waals surface area (Å²) in [5, 5.41) is 3.71. The monoisotopic (exact) mass is 243 g/mol. The molecule has 2 aromatic rings. The van der Waals surface area contributed by atoms with Crippen LogP contribution in [0.3, 0.4) is 0 Å². The van der Waals surface area contributed by atoms with E-state index in [-0.39, 0.29) is 40.8 Å². The fourth-order valence-corrected chi connectivity index (χ4v) is 0.944. The molecule has 0 amide bonds. The standard InChI is InChI=1S/C7H6BrN5/c8-5-1-12-13(4-5)7-10-2-6(9)3-11-7/h1-4H,9H2/i1D,2D,3D,4D. The van der Waals surface area contributed by atoms with Crippen LogP contribution in [0, 0.1) is 0 Å². The molecule has 2 rings (SSSR count). The van der Waals surface area contributed by atoms with Crippen LogP contribution in [0.4, 0.5) is 5.69 Å². The third-order valence-corrected chi connectivity index (χ3v) is 1.55. The fraction of sp³-hybridized carbons (Fsp3) is 0. The van der Waals surface area contributed by atoms with Crippen molar-refractivity contribution in [3.8, 4) is 5.95 Å². The van der Waals surface area contributed by atoms with Crippen molar-refractivity contribution in [2.24, 2.45) is 0 Å². The first kappa shape index (κ1) is 4.71. The van der Waals surface area contributed by atoms with Crippen LogP contribution in [-0.2, 0) is 0 Å². The van der Waals surface area contributed by atoms with Gasteiger partial charge in [-0.15, -0.1) is 0 Å². The number of nitrogens with zero attached hydrogens (tertiary/aromatic N) is 4. The van der Waals surface area contributed by atoms with E-state index < -0.39 is 0 Å². The number of nitrogens with two attached hydrogens (primary N) is 1. The van der Waals surface area contributed by atoms with Crippen LogP contribution in [0.1, 0.15) is 5.48 Å². The molecule has 0 aromatic carbocycles. The molecular weight excluding hydrogens is 234 g/mol. The molecule has 0 fully saturated rings. The Labute approximate surface area is 88.4 Å². The van der Waals surface area contributed by atoms with Crippen molar-refractivity contribution < 1.29 is 5.48 Å². The number of anilines is 1. The highest BCUT2D eigenvalue weighted by atomic mass is 79.9. The van der Waals surface area contributed by atoms with Crippen molar-refractivity contribution in [3.63, 3.8) is 0 Å². The van der Waals surface area contributed by atoms with Crippen LogP contribution < -0.4 is 5.73 Å². The van der Waals surface area contributed by atoms with E-state index >= 15 is 0 Å². The number of nitrogen functional groups attached to an aromatic ring is 1. The zero-order valence-corrected chi connectivity index (χ0v) is 7.83. The summed E-state index contributed by atoms with van der Waals surface area (Å²) < 4.78 is 31.1. The lowest BCUT2D eigenvalue weighted by atomic mass is 10.6. The zero-order chi connectivity index (χ0) is 12.7. The number of rotatable bonds is 1. The van der Waals surface area contributed by atoms with Gasteiger partial charge in [-0.3, -0.25) is 0 Å². The van der Waals surface area contributed by atoms with Gasteiger partial charge in [-0.2, -0.15) is 5.10 Å². The third kappa shape index (κ3) is 1.67. The Bertz CT molecular complexity index is 575. The number of hydrogen-bond acceptors (Lipinski definition) is 4. The molecular formula is C7H6BrN5. The molecule has 2 N–H and O–H groups in total. The lowest BCUT2D eigenvalue weighted by Crippen LogP contribution is -2.01. The summed E-state index contributed by atoms with van der Waals surface area (Å²) in [7, 11) is 0. The molecule has 0 atom stereocenters. The van der Waals surface area contributed by atoms with E-state index in [0.717, 1.165) is 4.68 Å². The third-order valence-electron chi connectivity index (χ3n) is 1.19. The molecule has 0 spiro atoms. The SMILES string of the molecule is [2H]c1nc(-n2nc([2H])c(Br)c2[2H])nc([2H])c1N. The minimum absolute atomic E-state index is 0.126. The van der Waals surface area contributed by atoms with Gasteiger partial charge in [0, 0.05) is 6.17 Å². The van der Waals surface area contributed by atoms with Crippen molar-refractivity contribution in [1.29, 1.82) is 0 Å². The maximum Gasteiger partial charge on any atom is 0.250 e. The predicted octanol–water partition coefficient (Wildman–Crippen LogP) is 1.01. The number of aromatic nitrogens is 4. The fourth-order valence-electron chi connectivity index (χ4n) is 0.697. The normalized spacial score (nSPS) is 14.5. The summed E-state index contributed by atoms with van der Waals surface area (Å²) >= 11 is 3.02. The van der Waals surface area contributed by atoms with Gasteiger partial charge in [0.15, 0.2) is 0 Å². The highest BCUT2D eigenvalue weighted by molar-refractivity contribution is 9.10. The molecule has 0 aliphatic rings. The highest BCUT2D eigenvalue weighted by Gasteiger charge is 2.00. The van der Waals surface area contributed by atoms with Gasteiger partial charge in [0.25, 0.3) is 5.95 Å². The molecule has 6 heteroatoms. The van der Waals surface area contributed by atoms with Crippen LogP contribution in [0.5, 0.6) is 0 Å². The molecule has 0 aliphatic heterocycles. The first-order valence-electron chi connectivity index (χ1n) is 5.24. The molecule has 0 radical (unpaired) electrons. The lowest BCUT2D eigenvalue weighted by Gasteiger charge is -1.97. The second kappa shape index (κ2) is 3.14. The second-order valence-corrected chi connectivity index (χ2v) is 2.90. The smallest absolute Gasteiger partial charge is 0.250 e. The van der Waals surface area contributed by atoms with Crippen LogP contribution in [-0.4, -0.2) is 19.7 Å². The Morgan fingerprint density at radius 3 is 2.62 bits per heavy atom. The first-order valence-corrected chi connectivity index (χ1v) is 4.04. The highest BCUT2D eigenvalue weighted by Crippen LogP contribution is 2.09. The summed E-state index contributed by atoms with van der Waals surface area (Å²) in [4.78, 5) is 7.41. The summed E-state index contributed by atoms with van der Waals surface area (Å²) in [6.07, 6.45) is -0.887. The van der Waals surface area contributed by atoms with Crippen LogP contribution in [0.2, 0.25) is 0 Å². The topological polar surface area (TPSA) is 69.6 Å². The summed E-state index contributed by atoms with van der Waals surface area (Å²) in [6, 6.07) is 0. The first-order chi connectivity index (χ1) is 7.91. The quantitative estimate of drug-likeness (QED) is 0.812. The summed E-state index contributed by atoms with van der Waals surface area (Å²) in [6.45, 7) is 0. The Morgan fingerprint density at radius 1 is 1.38 bits per heavy atom. The number of hydrogen-bond donors (Lipinski definition) is 1. The Balaban J connectivity index is 2.65.